The lowest BCUT2D eigenvalue weighted by atomic mass is 9.53. The lowest BCUT2D eigenvalue weighted by molar-refractivity contribution is -0.213. The van der Waals surface area contributed by atoms with Gasteiger partial charge >= 0.3 is 5.97 Å². The van der Waals surface area contributed by atoms with Crippen LogP contribution in [0, 0.1) is 29.1 Å². The topological polar surface area (TPSA) is 87.0 Å². The van der Waals surface area contributed by atoms with Crippen LogP contribution in [0.25, 0.3) is 0 Å². The van der Waals surface area contributed by atoms with Crippen molar-refractivity contribution in [1.29, 1.82) is 0 Å². The summed E-state index contributed by atoms with van der Waals surface area (Å²) in [6.45, 7) is 5.64. The van der Waals surface area contributed by atoms with Crippen LogP contribution < -0.4 is 0 Å². The molecule has 0 radical (unpaired) electrons. The summed E-state index contributed by atoms with van der Waals surface area (Å²) >= 11 is 0. The zero-order valence-electron chi connectivity index (χ0n) is 12.2. The van der Waals surface area contributed by atoms with Gasteiger partial charge < -0.3 is 20.1 Å². The molecule has 0 aromatic carbocycles. The Kier molecular flexibility index (Phi) is 2.99. The Bertz CT molecular complexity index is 436. The van der Waals surface area contributed by atoms with Gasteiger partial charge in [0.2, 0.25) is 0 Å². The highest BCUT2D eigenvalue weighted by atomic mass is 16.6. The minimum absolute atomic E-state index is 0.00218. The number of esters is 1. The molecule has 3 N–H and O–H groups in total. The molecule has 2 bridgehead atoms. The molecule has 5 nitrogen and oxygen atoms in total. The Morgan fingerprint density at radius 1 is 1.40 bits per heavy atom. The largest absolute Gasteiger partial charge is 0.456 e. The smallest absolute Gasteiger partial charge is 0.312 e. The van der Waals surface area contributed by atoms with Crippen LogP contribution in [0.3, 0.4) is 0 Å². The Morgan fingerprint density at radius 2 is 2.05 bits per heavy atom. The van der Waals surface area contributed by atoms with E-state index in [0.717, 1.165) is 12.8 Å². The molecule has 0 amide bonds. The van der Waals surface area contributed by atoms with Gasteiger partial charge in [-0.2, -0.15) is 0 Å². The molecule has 3 fully saturated rings. The van der Waals surface area contributed by atoms with E-state index < -0.39 is 35.1 Å². The van der Waals surface area contributed by atoms with Crippen molar-refractivity contribution < 1.29 is 24.9 Å². The van der Waals surface area contributed by atoms with Crippen molar-refractivity contribution in [3.05, 3.63) is 0 Å². The lowest BCUT2D eigenvalue weighted by Gasteiger charge is -2.53. The summed E-state index contributed by atoms with van der Waals surface area (Å²) in [5, 5.41) is 31.4. The second-order valence-electron chi connectivity index (χ2n) is 7.25. The van der Waals surface area contributed by atoms with E-state index in [1.807, 2.05) is 20.8 Å². The van der Waals surface area contributed by atoms with Crippen LogP contribution in [0.2, 0.25) is 0 Å². The van der Waals surface area contributed by atoms with E-state index in [1.165, 1.54) is 0 Å². The Morgan fingerprint density at radius 3 is 2.60 bits per heavy atom. The summed E-state index contributed by atoms with van der Waals surface area (Å²) in [5.74, 6) is -1.32. The number of fused-ring (bicyclic) bond motifs is 4. The van der Waals surface area contributed by atoms with E-state index in [2.05, 4.69) is 0 Å². The van der Waals surface area contributed by atoms with Crippen molar-refractivity contribution >= 4 is 5.97 Å². The Balaban J connectivity index is 2.11. The molecule has 1 heterocycles. The number of carbonyl (C=O) groups excluding carboxylic acids is 1. The Labute approximate surface area is 118 Å². The molecule has 5 heteroatoms. The predicted octanol–water partition coefficient (Wildman–Crippen LogP) is 0.314. The first-order chi connectivity index (χ1) is 9.29. The quantitative estimate of drug-likeness (QED) is 0.636. The molecule has 3 aliphatic rings. The standard InChI is InChI=1S/C15H24O5/c1-7(2)15(19)10-9-5-4-8(6-16)14(9,3)11(17)12(15)20-13(10)18/h7-12,16-17,19H,4-6H2,1-3H3. The monoisotopic (exact) mass is 284 g/mol. The highest BCUT2D eigenvalue weighted by Crippen LogP contribution is 2.64. The minimum Gasteiger partial charge on any atom is -0.456 e. The molecule has 2 aliphatic carbocycles. The number of rotatable bonds is 2. The zero-order chi connectivity index (χ0) is 14.9. The van der Waals surface area contributed by atoms with Crippen LogP contribution in [0.5, 0.6) is 0 Å². The fraction of sp³-hybridized carbons (Fsp3) is 0.933. The SMILES string of the molecule is CC(C)C1(O)C2OC(=O)C1C1CCC(CO)C1(C)C2O. The first kappa shape index (κ1) is 14.3. The van der Waals surface area contributed by atoms with Gasteiger partial charge in [0.25, 0.3) is 0 Å². The van der Waals surface area contributed by atoms with Crippen LogP contribution in [-0.2, 0) is 9.53 Å². The maximum absolute atomic E-state index is 12.2. The third-order valence-corrected chi connectivity index (χ3v) is 6.43. The van der Waals surface area contributed by atoms with Gasteiger partial charge in [-0.05, 0) is 30.6 Å². The fourth-order valence-corrected chi connectivity index (χ4v) is 5.06. The molecule has 7 unspecified atom stereocenters. The molecular weight excluding hydrogens is 260 g/mol. The third-order valence-electron chi connectivity index (χ3n) is 6.43. The van der Waals surface area contributed by atoms with Gasteiger partial charge in [-0.3, -0.25) is 4.79 Å². The highest BCUT2D eigenvalue weighted by Gasteiger charge is 2.74. The summed E-state index contributed by atoms with van der Waals surface area (Å²) in [6.07, 6.45) is -0.296. The van der Waals surface area contributed by atoms with Crippen molar-refractivity contribution in [2.45, 2.75) is 51.4 Å². The molecule has 1 aliphatic heterocycles. The van der Waals surface area contributed by atoms with Crippen LogP contribution >= 0.6 is 0 Å². The molecule has 3 rings (SSSR count). The van der Waals surface area contributed by atoms with E-state index in [0.29, 0.717) is 0 Å². The number of aliphatic hydroxyl groups is 3. The summed E-state index contributed by atoms with van der Waals surface area (Å²) in [5.41, 5.74) is -1.86. The second-order valence-corrected chi connectivity index (χ2v) is 7.25. The van der Waals surface area contributed by atoms with Gasteiger partial charge in [0, 0.05) is 12.0 Å². The summed E-state index contributed by atoms with van der Waals surface area (Å²) in [4.78, 5) is 12.2. The minimum atomic E-state index is -1.30. The number of carbonyl (C=O) groups is 1. The van der Waals surface area contributed by atoms with Crippen molar-refractivity contribution in [1.82, 2.24) is 0 Å². The van der Waals surface area contributed by atoms with Gasteiger partial charge in [-0.15, -0.1) is 0 Å². The van der Waals surface area contributed by atoms with E-state index in [4.69, 9.17) is 4.74 Å². The first-order valence-electron chi connectivity index (χ1n) is 7.51. The summed E-state index contributed by atoms with van der Waals surface area (Å²) < 4.78 is 5.35. The van der Waals surface area contributed by atoms with Gasteiger partial charge in [0.1, 0.15) is 5.60 Å². The van der Waals surface area contributed by atoms with E-state index in [9.17, 15) is 20.1 Å². The fourth-order valence-electron chi connectivity index (χ4n) is 5.06. The normalized spacial score (nSPS) is 54.1. The maximum atomic E-state index is 12.2. The van der Waals surface area contributed by atoms with Gasteiger partial charge in [0.05, 0.1) is 12.0 Å². The van der Waals surface area contributed by atoms with E-state index in [-0.39, 0.29) is 24.4 Å². The second kappa shape index (κ2) is 4.18. The van der Waals surface area contributed by atoms with Crippen molar-refractivity contribution in [3.8, 4) is 0 Å². The van der Waals surface area contributed by atoms with Crippen LogP contribution in [0.1, 0.15) is 33.6 Å². The van der Waals surface area contributed by atoms with E-state index in [1.54, 1.807) is 0 Å². The zero-order valence-corrected chi connectivity index (χ0v) is 12.2. The van der Waals surface area contributed by atoms with Crippen molar-refractivity contribution in [3.63, 3.8) is 0 Å². The number of hydrogen-bond acceptors (Lipinski definition) is 5. The van der Waals surface area contributed by atoms with Crippen molar-refractivity contribution in [2.24, 2.45) is 29.1 Å². The van der Waals surface area contributed by atoms with Gasteiger partial charge in [-0.25, -0.2) is 0 Å². The average Bonchev–Trinajstić information content (AvgIpc) is 2.82. The van der Waals surface area contributed by atoms with Crippen molar-refractivity contribution in [2.75, 3.05) is 6.61 Å². The third kappa shape index (κ3) is 1.36. The number of hydrogen-bond donors (Lipinski definition) is 3. The van der Waals surface area contributed by atoms with Crippen LogP contribution in [-0.4, -0.2) is 45.7 Å². The highest BCUT2D eigenvalue weighted by molar-refractivity contribution is 5.78. The Hall–Kier alpha value is -0.650. The predicted molar refractivity (Wildman–Crippen MR) is 70.6 cm³/mol. The first-order valence-corrected chi connectivity index (χ1v) is 7.51. The van der Waals surface area contributed by atoms with Crippen LogP contribution in [0.15, 0.2) is 0 Å². The molecule has 1 saturated heterocycles. The average molecular weight is 284 g/mol. The molecule has 114 valence electrons. The molecular formula is C15H24O5. The molecule has 7 atom stereocenters. The lowest BCUT2D eigenvalue weighted by Crippen LogP contribution is -2.66. The molecule has 0 spiro atoms. The van der Waals surface area contributed by atoms with Gasteiger partial charge in [-0.1, -0.05) is 20.8 Å². The molecule has 0 aromatic heterocycles. The van der Waals surface area contributed by atoms with Crippen LogP contribution in [0.4, 0.5) is 0 Å². The van der Waals surface area contributed by atoms with Gasteiger partial charge in [0.15, 0.2) is 6.10 Å². The summed E-state index contributed by atoms with van der Waals surface area (Å²) in [7, 11) is 0. The van der Waals surface area contributed by atoms with E-state index >= 15 is 0 Å². The number of ether oxygens (including phenoxy) is 1. The maximum Gasteiger partial charge on any atom is 0.312 e. The molecule has 2 saturated carbocycles. The summed E-state index contributed by atoms with van der Waals surface area (Å²) in [6, 6.07) is 0. The molecule has 0 aromatic rings. The number of aliphatic hydroxyl groups excluding tert-OH is 2. The molecule has 20 heavy (non-hydrogen) atoms.